The molecule has 0 bridgehead atoms. The van der Waals surface area contributed by atoms with E-state index in [1.54, 1.807) is 12.1 Å². The first-order chi connectivity index (χ1) is 9.92. The molecule has 0 amide bonds. The van der Waals surface area contributed by atoms with Crippen LogP contribution in [-0.4, -0.2) is 11.1 Å². The van der Waals surface area contributed by atoms with Crippen molar-refractivity contribution in [3.8, 4) is 23.6 Å². The van der Waals surface area contributed by atoms with Gasteiger partial charge < -0.3 is 9.84 Å². The Balaban J connectivity index is 3.86. The summed E-state index contributed by atoms with van der Waals surface area (Å²) in [6.45, 7) is 18.7. The minimum Gasteiger partial charge on any atom is -0.519 e. The molecule has 0 saturated carbocycles. The number of phenolic OH excluding ortho intramolecular Hbond substituents is 1. The predicted octanol–water partition coefficient (Wildman–Crippen LogP) is 2.72. The van der Waals surface area contributed by atoms with E-state index in [2.05, 4.69) is 16.3 Å². The molecule has 0 saturated heterocycles. The van der Waals surface area contributed by atoms with Crippen LogP contribution in [0.25, 0.3) is 9.69 Å². The van der Waals surface area contributed by atoms with Gasteiger partial charge in [0.2, 0.25) is 11.4 Å². The zero-order valence-electron chi connectivity index (χ0n) is 10.8. The van der Waals surface area contributed by atoms with Crippen LogP contribution in [0.15, 0.2) is 12.2 Å². The number of rotatable bonds is 2. The summed E-state index contributed by atoms with van der Waals surface area (Å²) < 4.78 is 4.88. The molecule has 1 rings (SSSR count). The largest absolute Gasteiger partial charge is 0.519 e. The van der Waals surface area contributed by atoms with Crippen molar-refractivity contribution in [2.24, 2.45) is 0 Å². The fourth-order valence-corrected chi connectivity index (χ4v) is 1.39. The second-order valence-corrected chi connectivity index (χ2v) is 3.74. The average molecular weight is 278 g/mol. The topological polar surface area (TPSA) is 103 Å². The van der Waals surface area contributed by atoms with Gasteiger partial charge in [-0.15, -0.1) is 0 Å². The Labute approximate surface area is 120 Å². The van der Waals surface area contributed by atoms with E-state index in [-0.39, 0.29) is 5.57 Å². The van der Waals surface area contributed by atoms with E-state index in [1.807, 2.05) is 0 Å². The van der Waals surface area contributed by atoms with Gasteiger partial charge in [0.25, 0.3) is 0 Å². The number of nitriles is 2. The first-order valence-corrected chi connectivity index (χ1v) is 5.28. The Kier molecular flexibility index (Phi) is 4.27. The molecule has 0 aliphatic rings. The van der Waals surface area contributed by atoms with Crippen LogP contribution < -0.4 is 4.74 Å². The standard InChI is InChI=1S/C14H6N4O3/c1-7(2)14(20)21-13-9(6-16)8(5-15)12(19)10(17-3)11(13)18-4/h19H,1H2,2H3. The molecular weight excluding hydrogens is 272 g/mol. The van der Waals surface area contributed by atoms with E-state index in [0.29, 0.717) is 0 Å². The number of hydrogen-bond donors (Lipinski definition) is 1. The van der Waals surface area contributed by atoms with E-state index in [1.165, 1.54) is 6.92 Å². The first-order valence-electron chi connectivity index (χ1n) is 5.28. The van der Waals surface area contributed by atoms with Gasteiger partial charge in [-0.05, 0) is 6.92 Å². The number of ether oxygens (including phenoxy) is 1. The van der Waals surface area contributed by atoms with Gasteiger partial charge in [0.15, 0.2) is 0 Å². The van der Waals surface area contributed by atoms with Crippen LogP contribution >= 0.6 is 0 Å². The molecular formula is C14H6N4O3. The summed E-state index contributed by atoms with van der Waals surface area (Å²) in [6, 6.07) is 3.14. The van der Waals surface area contributed by atoms with Crippen LogP contribution in [0.3, 0.4) is 0 Å². The number of phenols is 1. The molecule has 0 aliphatic heterocycles. The molecule has 7 nitrogen and oxygen atoms in total. The number of nitrogens with zero attached hydrogens (tertiary/aromatic N) is 4. The molecule has 0 aliphatic carbocycles. The van der Waals surface area contributed by atoms with Gasteiger partial charge in [-0.25, -0.2) is 14.5 Å². The smallest absolute Gasteiger partial charge is 0.337 e. The summed E-state index contributed by atoms with van der Waals surface area (Å²) in [4.78, 5) is 17.5. The maximum Gasteiger partial charge on any atom is 0.337 e. The van der Waals surface area contributed by atoms with Gasteiger partial charge in [0.1, 0.15) is 34.8 Å². The molecule has 7 heteroatoms. The van der Waals surface area contributed by atoms with Gasteiger partial charge in [0.05, 0.1) is 13.1 Å². The number of aromatic hydroxyl groups is 1. The van der Waals surface area contributed by atoms with Crippen molar-refractivity contribution in [3.05, 3.63) is 46.1 Å². The number of hydrogen-bond acceptors (Lipinski definition) is 5. The third kappa shape index (κ3) is 2.49. The molecule has 0 atom stereocenters. The lowest BCUT2D eigenvalue weighted by Crippen LogP contribution is -2.10. The van der Waals surface area contributed by atoms with Crippen molar-refractivity contribution >= 4 is 17.3 Å². The molecule has 0 radical (unpaired) electrons. The second-order valence-electron chi connectivity index (χ2n) is 3.74. The fourth-order valence-electron chi connectivity index (χ4n) is 1.39. The highest BCUT2D eigenvalue weighted by molar-refractivity contribution is 5.94. The van der Waals surface area contributed by atoms with Crippen molar-refractivity contribution in [2.45, 2.75) is 6.92 Å². The number of benzene rings is 1. The molecule has 21 heavy (non-hydrogen) atoms. The van der Waals surface area contributed by atoms with Gasteiger partial charge in [0, 0.05) is 5.57 Å². The van der Waals surface area contributed by atoms with Crippen LogP contribution in [0.5, 0.6) is 11.5 Å². The maximum absolute atomic E-state index is 11.6. The maximum atomic E-state index is 11.6. The van der Waals surface area contributed by atoms with Crippen molar-refractivity contribution in [3.63, 3.8) is 0 Å². The molecule has 1 aromatic rings. The van der Waals surface area contributed by atoms with E-state index in [9.17, 15) is 9.90 Å². The van der Waals surface area contributed by atoms with Crippen molar-refractivity contribution in [1.29, 1.82) is 10.5 Å². The summed E-state index contributed by atoms with van der Waals surface area (Å²) in [7, 11) is 0. The molecule has 1 N–H and O–H groups in total. The highest BCUT2D eigenvalue weighted by atomic mass is 16.5. The van der Waals surface area contributed by atoms with Gasteiger partial charge in [-0.2, -0.15) is 10.5 Å². The molecule has 1 aromatic carbocycles. The lowest BCUT2D eigenvalue weighted by atomic mass is 10.0. The predicted molar refractivity (Wildman–Crippen MR) is 70.5 cm³/mol. The monoisotopic (exact) mass is 278 g/mol. The zero-order chi connectivity index (χ0) is 16.2. The Morgan fingerprint density at radius 2 is 1.76 bits per heavy atom. The van der Waals surface area contributed by atoms with E-state index in [4.69, 9.17) is 28.4 Å². The first kappa shape index (κ1) is 15.2. The van der Waals surface area contributed by atoms with Gasteiger partial charge in [-0.3, -0.25) is 0 Å². The minimum absolute atomic E-state index is 0.00534. The van der Waals surface area contributed by atoms with Gasteiger partial charge in [-0.1, -0.05) is 6.58 Å². The Bertz CT molecular complexity index is 773. The molecule has 100 valence electrons. The fraction of sp³-hybridized carbons (Fsp3) is 0.0714. The summed E-state index contributed by atoms with van der Waals surface area (Å²) in [5.74, 6) is -2.23. The summed E-state index contributed by atoms with van der Waals surface area (Å²) in [5.41, 5.74) is -2.06. The summed E-state index contributed by atoms with van der Waals surface area (Å²) in [5, 5.41) is 27.9. The van der Waals surface area contributed by atoms with E-state index < -0.39 is 40.0 Å². The van der Waals surface area contributed by atoms with Crippen LogP contribution in [0.4, 0.5) is 11.4 Å². The highest BCUT2D eigenvalue weighted by Gasteiger charge is 2.27. The van der Waals surface area contributed by atoms with Crippen LogP contribution in [-0.2, 0) is 4.79 Å². The zero-order valence-corrected chi connectivity index (χ0v) is 10.8. The molecule has 0 fully saturated rings. The number of carbonyl (C=O) groups excluding carboxylic acids is 1. The second kappa shape index (κ2) is 5.89. The van der Waals surface area contributed by atoms with E-state index in [0.717, 1.165) is 0 Å². The Hall–Kier alpha value is -3.81. The third-order valence-corrected chi connectivity index (χ3v) is 2.37. The van der Waals surface area contributed by atoms with Gasteiger partial charge >= 0.3 is 5.97 Å². The van der Waals surface area contributed by atoms with Crippen LogP contribution in [0.1, 0.15) is 18.1 Å². The van der Waals surface area contributed by atoms with E-state index >= 15 is 0 Å². The lowest BCUT2D eigenvalue weighted by Gasteiger charge is -2.12. The normalized spacial score (nSPS) is 8.62. The van der Waals surface area contributed by atoms with Crippen LogP contribution in [0.2, 0.25) is 0 Å². The SMILES string of the molecule is [C-]#[N+]c1c(O)c(C#N)c(C#N)c(OC(=O)C(=C)C)c1[N+]#[C-]. The molecule has 0 unspecified atom stereocenters. The number of esters is 1. The summed E-state index contributed by atoms with van der Waals surface area (Å²) >= 11 is 0. The number of carbonyl (C=O) groups is 1. The highest BCUT2D eigenvalue weighted by Crippen LogP contribution is 2.49. The molecule has 0 aromatic heterocycles. The summed E-state index contributed by atoms with van der Waals surface area (Å²) in [6.07, 6.45) is 0. The van der Waals surface area contributed by atoms with Crippen molar-refractivity contribution in [2.75, 3.05) is 0 Å². The van der Waals surface area contributed by atoms with Crippen molar-refractivity contribution < 1.29 is 14.6 Å². The molecule has 0 spiro atoms. The van der Waals surface area contributed by atoms with Crippen LogP contribution in [0, 0.1) is 35.8 Å². The van der Waals surface area contributed by atoms with Crippen molar-refractivity contribution in [1.82, 2.24) is 0 Å². The third-order valence-electron chi connectivity index (χ3n) is 2.37. The molecule has 0 heterocycles. The average Bonchev–Trinajstić information content (AvgIpc) is 2.47. The minimum atomic E-state index is -0.915. The lowest BCUT2D eigenvalue weighted by molar-refractivity contribution is -0.130. The Morgan fingerprint density at radius 1 is 1.24 bits per heavy atom. The Morgan fingerprint density at radius 3 is 2.14 bits per heavy atom. The quantitative estimate of drug-likeness (QED) is 0.387.